The van der Waals surface area contributed by atoms with Crippen LogP contribution in [0.4, 0.5) is 0 Å². The largest absolute Gasteiger partial charge is 0.352 e. The molecular formula is C15H29N3O. The molecule has 0 aromatic carbocycles. The quantitative estimate of drug-likeness (QED) is 0.738. The molecule has 1 aliphatic rings. The summed E-state index contributed by atoms with van der Waals surface area (Å²) >= 11 is 0. The predicted octanol–water partition coefficient (Wildman–Crippen LogP) is 1.34. The average Bonchev–Trinajstić information content (AvgIpc) is 2.34. The van der Waals surface area contributed by atoms with Crippen LogP contribution in [0.5, 0.6) is 0 Å². The fraction of sp³-hybridized carbons (Fsp3) is 0.800. The lowest BCUT2D eigenvalue weighted by atomic mass is 9.92. The summed E-state index contributed by atoms with van der Waals surface area (Å²) in [6, 6.07) is 0. The maximum absolute atomic E-state index is 11.6. The van der Waals surface area contributed by atoms with Gasteiger partial charge in [0.15, 0.2) is 0 Å². The van der Waals surface area contributed by atoms with Gasteiger partial charge in [0.25, 0.3) is 0 Å². The van der Waals surface area contributed by atoms with Gasteiger partial charge in [-0.05, 0) is 18.4 Å². The molecule has 0 saturated carbocycles. The van der Waals surface area contributed by atoms with Crippen LogP contribution in [0.25, 0.3) is 0 Å². The molecule has 0 atom stereocenters. The van der Waals surface area contributed by atoms with E-state index in [9.17, 15) is 4.79 Å². The third-order valence-corrected chi connectivity index (χ3v) is 3.45. The Hall–Kier alpha value is -0.870. The summed E-state index contributed by atoms with van der Waals surface area (Å²) in [6.45, 7) is 16.8. The van der Waals surface area contributed by atoms with Crippen LogP contribution in [0.3, 0.4) is 0 Å². The van der Waals surface area contributed by atoms with Crippen molar-refractivity contribution in [2.45, 2.75) is 27.2 Å². The zero-order chi connectivity index (χ0) is 14.3. The monoisotopic (exact) mass is 267 g/mol. The zero-order valence-electron chi connectivity index (χ0n) is 12.7. The first kappa shape index (κ1) is 16.2. The Labute approximate surface area is 117 Å². The molecule has 110 valence electrons. The van der Waals surface area contributed by atoms with E-state index in [2.05, 4.69) is 42.5 Å². The molecule has 0 aromatic heterocycles. The van der Waals surface area contributed by atoms with Gasteiger partial charge < -0.3 is 10.2 Å². The average molecular weight is 267 g/mol. The number of nitrogens with zero attached hydrogens (tertiary/aromatic N) is 2. The second kappa shape index (κ2) is 7.65. The summed E-state index contributed by atoms with van der Waals surface area (Å²) in [5, 5.41) is 2.82. The number of carbonyl (C=O) groups excluding carboxylic acids is 1. The molecule has 1 amide bonds. The van der Waals surface area contributed by atoms with Gasteiger partial charge in [-0.25, -0.2) is 0 Å². The minimum Gasteiger partial charge on any atom is -0.352 e. The molecule has 0 aliphatic carbocycles. The predicted molar refractivity (Wildman–Crippen MR) is 80.2 cm³/mol. The number of hydrogen-bond donors (Lipinski definition) is 1. The lowest BCUT2D eigenvalue weighted by Crippen LogP contribution is -2.49. The van der Waals surface area contributed by atoms with Gasteiger partial charge in [0.2, 0.25) is 5.91 Å². The standard InChI is InChI=1S/C15H29N3O/c1-5-7-16-14(19)13-18-11-9-17(10-12-18)8-6-15(2,3)4/h5H,1,6-13H2,2-4H3,(H,16,19). The van der Waals surface area contributed by atoms with Gasteiger partial charge in [0.05, 0.1) is 6.54 Å². The van der Waals surface area contributed by atoms with Gasteiger partial charge >= 0.3 is 0 Å². The maximum Gasteiger partial charge on any atom is 0.234 e. The van der Waals surface area contributed by atoms with Gasteiger partial charge in [-0.3, -0.25) is 9.69 Å². The summed E-state index contributed by atoms with van der Waals surface area (Å²) in [5.41, 5.74) is 0.404. The van der Waals surface area contributed by atoms with Crippen LogP contribution in [-0.2, 0) is 4.79 Å². The highest BCUT2D eigenvalue weighted by molar-refractivity contribution is 5.78. The highest BCUT2D eigenvalue weighted by Gasteiger charge is 2.20. The third-order valence-electron chi connectivity index (χ3n) is 3.45. The number of hydrogen-bond acceptors (Lipinski definition) is 3. The van der Waals surface area contributed by atoms with Crippen molar-refractivity contribution in [3.05, 3.63) is 12.7 Å². The van der Waals surface area contributed by atoms with Crippen LogP contribution in [0, 0.1) is 5.41 Å². The first-order chi connectivity index (χ1) is 8.90. The van der Waals surface area contributed by atoms with E-state index < -0.39 is 0 Å². The molecular weight excluding hydrogens is 238 g/mol. The van der Waals surface area contributed by atoms with Crippen molar-refractivity contribution < 1.29 is 4.79 Å². The van der Waals surface area contributed by atoms with E-state index >= 15 is 0 Å². The van der Waals surface area contributed by atoms with E-state index in [1.807, 2.05) is 0 Å². The first-order valence-electron chi connectivity index (χ1n) is 7.23. The van der Waals surface area contributed by atoms with Crippen molar-refractivity contribution >= 4 is 5.91 Å². The summed E-state index contributed by atoms with van der Waals surface area (Å²) in [5.74, 6) is 0.100. The Balaban J connectivity index is 2.18. The highest BCUT2D eigenvalue weighted by Crippen LogP contribution is 2.19. The van der Waals surface area contributed by atoms with Gasteiger partial charge in [-0.1, -0.05) is 26.8 Å². The summed E-state index contributed by atoms with van der Waals surface area (Å²) in [4.78, 5) is 16.3. The summed E-state index contributed by atoms with van der Waals surface area (Å²) < 4.78 is 0. The van der Waals surface area contributed by atoms with Crippen molar-refractivity contribution in [3.63, 3.8) is 0 Å². The Morgan fingerprint density at radius 2 is 1.79 bits per heavy atom. The Morgan fingerprint density at radius 3 is 2.32 bits per heavy atom. The lowest BCUT2D eigenvalue weighted by Gasteiger charge is -2.35. The van der Waals surface area contributed by atoms with Crippen LogP contribution >= 0.6 is 0 Å². The molecule has 1 N–H and O–H groups in total. The zero-order valence-corrected chi connectivity index (χ0v) is 12.7. The summed E-state index contributed by atoms with van der Waals surface area (Å²) in [7, 11) is 0. The Kier molecular flexibility index (Phi) is 6.52. The second-order valence-corrected chi connectivity index (χ2v) is 6.52. The number of amides is 1. The van der Waals surface area contributed by atoms with Crippen molar-refractivity contribution in [3.8, 4) is 0 Å². The third kappa shape index (κ3) is 7.33. The van der Waals surface area contributed by atoms with E-state index in [0.29, 0.717) is 18.5 Å². The van der Waals surface area contributed by atoms with Crippen LogP contribution in [0.2, 0.25) is 0 Å². The van der Waals surface area contributed by atoms with Gasteiger partial charge in [0, 0.05) is 32.7 Å². The van der Waals surface area contributed by atoms with Crippen LogP contribution in [-0.4, -0.2) is 61.5 Å². The topological polar surface area (TPSA) is 35.6 Å². The molecule has 4 heteroatoms. The lowest BCUT2D eigenvalue weighted by molar-refractivity contribution is -0.122. The van der Waals surface area contributed by atoms with Crippen LogP contribution in [0.15, 0.2) is 12.7 Å². The highest BCUT2D eigenvalue weighted by atomic mass is 16.2. The SMILES string of the molecule is C=CCNC(=O)CN1CCN(CCC(C)(C)C)CC1. The smallest absolute Gasteiger partial charge is 0.234 e. The molecule has 0 bridgehead atoms. The fourth-order valence-corrected chi connectivity index (χ4v) is 2.11. The molecule has 1 heterocycles. The normalized spacial score (nSPS) is 18.3. The molecule has 1 aliphatic heterocycles. The number of carbonyl (C=O) groups is 1. The maximum atomic E-state index is 11.6. The van der Waals surface area contributed by atoms with Crippen LogP contribution in [0.1, 0.15) is 27.2 Å². The fourth-order valence-electron chi connectivity index (χ4n) is 2.11. The van der Waals surface area contributed by atoms with E-state index in [1.165, 1.54) is 13.0 Å². The number of nitrogens with one attached hydrogen (secondary N) is 1. The molecule has 19 heavy (non-hydrogen) atoms. The van der Waals surface area contributed by atoms with Crippen molar-refractivity contribution in [1.82, 2.24) is 15.1 Å². The van der Waals surface area contributed by atoms with Gasteiger partial charge in [0.1, 0.15) is 0 Å². The van der Waals surface area contributed by atoms with Crippen LogP contribution < -0.4 is 5.32 Å². The van der Waals surface area contributed by atoms with E-state index in [0.717, 1.165) is 26.2 Å². The van der Waals surface area contributed by atoms with Gasteiger partial charge in [-0.2, -0.15) is 0 Å². The van der Waals surface area contributed by atoms with E-state index in [1.54, 1.807) is 6.08 Å². The molecule has 0 aromatic rings. The Morgan fingerprint density at radius 1 is 1.21 bits per heavy atom. The molecule has 1 rings (SSSR count). The number of piperazine rings is 1. The Bertz CT molecular complexity index is 288. The second-order valence-electron chi connectivity index (χ2n) is 6.52. The minimum atomic E-state index is 0.100. The molecule has 1 fully saturated rings. The molecule has 0 radical (unpaired) electrons. The van der Waals surface area contributed by atoms with E-state index in [4.69, 9.17) is 0 Å². The van der Waals surface area contributed by atoms with E-state index in [-0.39, 0.29) is 5.91 Å². The summed E-state index contributed by atoms with van der Waals surface area (Å²) in [6.07, 6.45) is 2.94. The molecule has 0 unspecified atom stereocenters. The minimum absolute atomic E-state index is 0.100. The molecule has 0 spiro atoms. The molecule has 4 nitrogen and oxygen atoms in total. The number of rotatable bonds is 6. The van der Waals surface area contributed by atoms with Crippen molar-refractivity contribution in [1.29, 1.82) is 0 Å². The van der Waals surface area contributed by atoms with Crippen molar-refractivity contribution in [2.24, 2.45) is 5.41 Å². The first-order valence-corrected chi connectivity index (χ1v) is 7.23. The van der Waals surface area contributed by atoms with Gasteiger partial charge in [-0.15, -0.1) is 6.58 Å². The molecule has 1 saturated heterocycles. The van der Waals surface area contributed by atoms with Crippen molar-refractivity contribution in [2.75, 3.05) is 45.8 Å².